The molecule has 74 valence electrons. The first-order chi connectivity index (χ1) is 6.81. The Bertz CT molecular complexity index is 443. The van der Waals surface area contributed by atoms with Gasteiger partial charge in [-0.05, 0) is 18.2 Å². The Morgan fingerprint density at radius 2 is 2.36 bits per heavy atom. The van der Waals surface area contributed by atoms with Gasteiger partial charge in [-0.15, -0.1) is 0 Å². The van der Waals surface area contributed by atoms with Gasteiger partial charge in [0.15, 0.2) is 11.4 Å². The van der Waals surface area contributed by atoms with Crippen molar-refractivity contribution in [3.05, 3.63) is 22.7 Å². The van der Waals surface area contributed by atoms with Crippen LogP contribution in [0.5, 0.6) is 0 Å². The second-order valence-electron chi connectivity index (χ2n) is 2.79. The van der Waals surface area contributed by atoms with Crippen molar-refractivity contribution in [3.63, 3.8) is 0 Å². The van der Waals surface area contributed by atoms with E-state index in [4.69, 9.17) is 4.52 Å². The third kappa shape index (κ3) is 1.72. The number of hydrogen-bond donors (Lipinski definition) is 1. The summed E-state index contributed by atoms with van der Waals surface area (Å²) in [5, 5.41) is 7.50. The lowest BCUT2D eigenvalue weighted by molar-refractivity contribution is 0.457. The molecule has 1 aromatic heterocycles. The van der Waals surface area contributed by atoms with Crippen LogP contribution < -0.4 is 5.32 Å². The maximum Gasteiger partial charge on any atom is 0.177 e. The van der Waals surface area contributed by atoms with Crippen molar-refractivity contribution in [3.8, 4) is 0 Å². The van der Waals surface area contributed by atoms with Gasteiger partial charge in [0, 0.05) is 11.0 Å². The fourth-order valence-electron chi connectivity index (χ4n) is 1.20. The van der Waals surface area contributed by atoms with Gasteiger partial charge < -0.3 is 9.84 Å². The van der Waals surface area contributed by atoms with E-state index in [0.29, 0.717) is 11.4 Å². The van der Waals surface area contributed by atoms with Gasteiger partial charge in [-0.2, -0.15) is 0 Å². The number of halogens is 2. The van der Waals surface area contributed by atoms with Crippen LogP contribution in [0.4, 0.5) is 10.2 Å². The summed E-state index contributed by atoms with van der Waals surface area (Å²) in [6.07, 6.45) is 0. The van der Waals surface area contributed by atoms with Gasteiger partial charge in [0.05, 0.1) is 5.39 Å². The number of benzene rings is 1. The molecule has 0 spiro atoms. The number of aromatic nitrogens is 1. The van der Waals surface area contributed by atoms with E-state index < -0.39 is 6.67 Å². The molecular weight excluding hydrogens is 251 g/mol. The second-order valence-corrected chi connectivity index (χ2v) is 3.70. The summed E-state index contributed by atoms with van der Waals surface area (Å²) in [4.78, 5) is 0. The molecule has 0 radical (unpaired) electrons. The number of nitrogens with zero attached hydrogens (tertiary/aromatic N) is 1. The van der Waals surface area contributed by atoms with Crippen LogP contribution in [-0.4, -0.2) is 18.4 Å². The first kappa shape index (κ1) is 9.45. The fourth-order valence-corrected chi connectivity index (χ4v) is 1.57. The van der Waals surface area contributed by atoms with Crippen molar-refractivity contribution in [2.75, 3.05) is 18.5 Å². The standard InChI is InChI=1S/C9H8BrFN2O/c10-6-1-2-8-7(5-6)9(13-14-8)12-4-3-11/h1-2,5H,3-4H2,(H,12,13). The highest BCUT2D eigenvalue weighted by Gasteiger charge is 2.07. The highest BCUT2D eigenvalue weighted by molar-refractivity contribution is 9.10. The molecule has 3 nitrogen and oxygen atoms in total. The second kappa shape index (κ2) is 3.96. The van der Waals surface area contributed by atoms with Crippen molar-refractivity contribution in [1.82, 2.24) is 5.16 Å². The van der Waals surface area contributed by atoms with Gasteiger partial charge >= 0.3 is 0 Å². The van der Waals surface area contributed by atoms with Crippen LogP contribution in [0, 0.1) is 0 Å². The molecule has 5 heteroatoms. The molecule has 14 heavy (non-hydrogen) atoms. The van der Waals surface area contributed by atoms with Crippen molar-refractivity contribution < 1.29 is 8.91 Å². The Labute approximate surface area is 88.4 Å². The summed E-state index contributed by atoms with van der Waals surface area (Å²) in [7, 11) is 0. The lowest BCUT2D eigenvalue weighted by Crippen LogP contribution is -2.02. The quantitative estimate of drug-likeness (QED) is 0.920. The van der Waals surface area contributed by atoms with Gasteiger partial charge in [0.25, 0.3) is 0 Å². The molecule has 0 unspecified atom stereocenters. The van der Waals surface area contributed by atoms with Crippen molar-refractivity contribution in [2.45, 2.75) is 0 Å². The van der Waals surface area contributed by atoms with E-state index in [1.807, 2.05) is 18.2 Å². The molecule has 0 aliphatic heterocycles. The largest absolute Gasteiger partial charge is 0.364 e. The molecule has 0 aliphatic rings. The third-order valence-electron chi connectivity index (χ3n) is 1.82. The molecule has 0 fully saturated rings. The van der Waals surface area contributed by atoms with E-state index in [1.165, 1.54) is 0 Å². The number of rotatable bonds is 3. The summed E-state index contributed by atoms with van der Waals surface area (Å²) in [6, 6.07) is 5.56. The van der Waals surface area contributed by atoms with Crippen LogP contribution in [0.3, 0.4) is 0 Å². The average molecular weight is 259 g/mol. The van der Waals surface area contributed by atoms with Gasteiger partial charge in [-0.3, -0.25) is 0 Å². The molecule has 0 atom stereocenters. The predicted octanol–water partition coefficient (Wildman–Crippen LogP) is 2.97. The summed E-state index contributed by atoms with van der Waals surface area (Å²) in [5.41, 5.74) is 0.689. The van der Waals surface area contributed by atoms with Crippen LogP contribution in [0.25, 0.3) is 11.0 Å². The Hall–Kier alpha value is -1.10. The minimum absolute atomic E-state index is 0.244. The first-order valence-corrected chi connectivity index (χ1v) is 4.95. The first-order valence-electron chi connectivity index (χ1n) is 4.16. The number of fused-ring (bicyclic) bond motifs is 1. The number of nitrogens with one attached hydrogen (secondary N) is 1. The Morgan fingerprint density at radius 3 is 3.14 bits per heavy atom. The molecule has 1 aromatic carbocycles. The summed E-state index contributed by atoms with van der Waals surface area (Å²) < 4.78 is 17.9. The van der Waals surface area contributed by atoms with Crippen molar-refractivity contribution in [2.24, 2.45) is 0 Å². The number of alkyl halides is 1. The SMILES string of the molecule is FCCNc1noc2ccc(Br)cc12. The van der Waals surface area contributed by atoms with Gasteiger partial charge in [-0.25, -0.2) is 4.39 Å². The van der Waals surface area contributed by atoms with Crippen molar-refractivity contribution in [1.29, 1.82) is 0 Å². The van der Waals surface area contributed by atoms with Crippen LogP contribution >= 0.6 is 15.9 Å². The third-order valence-corrected chi connectivity index (χ3v) is 2.31. The maximum atomic E-state index is 11.9. The summed E-state index contributed by atoms with van der Waals surface area (Å²) >= 11 is 3.35. The van der Waals surface area contributed by atoms with E-state index >= 15 is 0 Å². The molecule has 2 rings (SSSR count). The Morgan fingerprint density at radius 1 is 1.50 bits per heavy atom. The topological polar surface area (TPSA) is 38.1 Å². The smallest absolute Gasteiger partial charge is 0.177 e. The highest BCUT2D eigenvalue weighted by atomic mass is 79.9. The number of anilines is 1. The molecule has 0 saturated heterocycles. The zero-order chi connectivity index (χ0) is 9.97. The molecule has 0 aliphatic carbocycles. The summed E-state index contributed by atoms with van der Waals surface area (Å²) in [5.74, 6) is 0.582. The van der Waals surface area contributed by atoms with Crippen LogP contribution in [-0.2, 0) is 0 Å². The molecule has 0 bridgehead atoms. The van der Waals surface area contributed by atoms with E-state index in [1.54, 1.807) is 0 Å². The number of hydrogen-bond acceptors (Lipinski definition) is 3. The lowest BCUT2D eigenvalue weighted by Gasteiger charge is -1.97. The van der Waals surface area contributed by atoms with E-state index in [2.05, 4.69) is 26.4 Å². The molecule has 1 heterocycles. The zero-order valence-corrected chi connectivity index (χ0v) is 8.84. The monoisotopic (exact) mass is 258 g/mol. The van der Waals surface area contributed by atoms with Crippen LogP contribution in [0.2, 0.25) is 0 Å². The van der Waals surface area contributed by atoms with Gasteiger partial charge in [0.2, 0.25) is 0 Å². The normalized spacial score (nSPS) is 10.7. The Kier molecular flexibility index (Phi) is 2.67. The fraction of sp³-hybridized carbons (Fsp3) is 0.222. The average Bonchev–Trinajstić information content (AvgIpc) is 2.57. The molecule has 0 saturated carbocycles. The minimum Gasteiger partial charge on any atom is -0.364 e. The van der Waals surface area contributed by atoms with E-state index in [0.717, 1.165) is 9.86 Å². The van der Waals surface area contributed by atoms with Crippen LogP contribution in [0.1, 0.15) is 0 Å². The molecule has 1 N–H and O–H groups in total. The lowest BCUT2D eigenvalue weighted by atomic mass is 10.2. The zero-order valence-electron chi connectivity index (χ0n) is 7.26. The Balaban J connectivity index is 2.40. The summed E-state index contributed by atoms with van der Waals surface area (Å²) in [6.45, 7) is -0.184. The minimum atomic E-state index is -0.428. The van der Waals surface area contributed by atoms with E-state index in [9.17, 15) is 4.39 Å². The van der Waals surface area contributed by atoms with Crippen molar-refractivity contribution >= 4 is 32.7 Å². The molecule has 2 aromatic rings. The van der Waals surface area contributed by atoms with Gasteiger partial charge in [-0.1, -0.05) is 21.1 Å². The van der Waals surface area contributed by atoms with E-state index in [-0.39, 0.29) is 6.54 Å². The van der Waals surface area contributed by atoms with Crippen LogP contribution in [0.15, 0.2) is 27.2 Å². The maximum absolute atomic E-state index is 11.9. The highest BCUT2D eigenvalue weighted by Crippen LogP contribution is 2.25. The van der Waals surface area contributed by atoms with Gasteiger partial charge in [0.1, 0.15) is 6.67 Å². The molecular formula is C9H8BrFN2O. The predicted molar refractivity (Wildman–Crippen MR) is 56.2 cm³/mol. The molecule has 0 amide bonds.